The third-order valence-corrected chi connectivity index (χ3v) is 9.15. The first-order valence-electron chi connectivity index (χ1n) is 14.8. The molecule has 0 spiro atoms. The van der Waals surface area contributed by atoms with Gasteiger partial charge >= 0.3 is 0 Å². The van der Waals surface area contributed by atoms with Crippen LogP contribution in [0.2, 0.25) is 0 Å². The Morgan fingerprint density at radius 3 is 2.34 bits per heavy atom. The maximum absolute atomic E-state index is 14.0. The molecule has 1 heterocycles. The second-order valence-corrected chi connectivity index (χ2v) is 12.0. The summed E-state index contributed by atoms with van der Waals surface area (Å²) in [6.07, 6.45) is 34.0. The van der Waals surface area contributed by atoms with Gasteiger partial charge in [-0.2, -0.15) is 4.39 Å². The number of halogens is 1. The Kier molecular flexibility index (Phi) is 7.79. The number of imidazole rings is 1. The van der Waals surface area contributed by atoms with Gasteiger partial charge in [0.2, 0.25) is 5.95 Å². The highest BCUT2D eigenvalue weighted by atomic mass is 19.1. The van der Waals surface area contributed by atoms with Crippen LogP contribution in [-0.4, -0.2) is 9.55 Å². The molecule has 1 aromatic heterocycles. The van der Waals surface area contributed by atoms with Gasteiger partial charge in [-0.1, -0.05) is 102 Å². The quantitative estimate of drug-likeness (QED) is 0.283. The molecule has 0 amide bonds. The van der Waals surface area contributed by atoms with Gasteiger partial charge in [0.1, 0.15) is 6.33 Å². The van der Waals surface area contributed by atoms with Crippen molar-refractivity contribution in [1.29, 1.82) is 0 Å². The molecule has 0 aromatic carbocycles. The Bertz CT molecular complexity index is 1280. The van der Waals surface area contributed by atoms with Crippen LogP contribution in [0.25, 0.3) is 5.70 Å². The van der Waals surface area contributed by atoms with Crippen LogP contribution < -0.4 is 5.73 Å². The standard InChI is InChI=1S/C34H44FN3/c1-4-5-6-7-8-9-10-11-12-13-14-25-21-30(38-23-31(35)37-24-38)33(2)20-19-29-28(32(25)33)18-16-26-15-17-27(36)22-34(26,29)3/h15-21,23-24H,4-14,22,36H2,1-3H3/t33-,34-/m1/s1. The summed E-state index contributed by atoms with van der Waals surface area (Å²) in [4.78, 5) is 3.90. The summed E-state index contributed by atoms with van der Waals surface area (Å²) in [6.45, 7) is 6.87. The van der Waals surface area contributed by atoms with Crippen molar-refractivity contribution in [1.82, 2.24) is 9.55 Å². The topological polar surface area (TPSA) is 43.8 Å². The molecule has 3 nitrogen and oxygen atoms in total. The highest BCUT2D eigenvalue weighted by molar-refractivity contribution is 5.79. The first-order valence-corrected chi connectivity index (χ1v) is 14.8. The maximum atomic E-state index is 14.0. The fourth-order valence-corrected chi connectivity index (χ4v) is 6.99. The second-order valence-electron chi connectivity index (χ2n) is 12.0. The SMILES string of the molecule is CCCCCCCCCCCCC1=C2C3=C(C=C[C@]2(C)C(n2cnc(F)c2)=C1)[C@]1(C)CC(N)=CC=C1C=C3. The van der Waals surface area contributed by atoms with Gasteiger partial charge in [-0.25, -0.2) is 4.98 Å². The van der Waals surface area contributed by atoms with Crippen LogP contribution in [0.15, 0.2) is 88.6 Å². The van der Waals surface area contributed by atoms with E-state index in [0.29, 0.717) is 0 Å². The molecular weight excluding hydrogens is 469 g/mol. The highest BCUT2D eigenvalue weighted by Crippen LogP contribution is 2.59. The van der Waals surface area contributed by atoms with Crippen molar-refractivity contribution < 1.29 is 4.39 Å². The number of unbranched alkanes of at least 4 members (excludes halogenated alkanes) is 9. The summed E-state index contributed by atoms with van der Waals surface area (Å²) in [5, 5.41) is 0. The second kappa shape index (κ2) is 11.1. The minimum atomic E-state index is -0.441. The summed E-state index contributed by atoms with van der Waals surface area (Å²) in [5.74, 6) is -0.441. The zero-order valence-electron chi connectivity index (χ0n) is 23.5. The van der Waals surface area contributed by atoms with Crippen molar-refractivity contribution >= 4 is 5.70 Å². The van der Waals surface area contributed by atoms with E-state index in [2.05, 4.69) is 62.2 Å². The van der Waals surface area contributed by atoms with E-state index >= 15 is 0 Å². The van der Waals surface area contributed by atoms with Crippen molar-refractivity contribution in [3.8, 4) is 0 Å². The van der Waals surface area contributed by atoms with Gasteiger partial charge in [0.15, 0.2) is 0 Å². The van der Waals surface area contributed by atoms with Crippen LogP contribution in [-0.2, 0) is 0 Å². The monoisotopic (exact) mass is 513 g/mol. The van der Waals surface area contributed by atoms with E-state index in [0.717, 1.165) is 24.2 Å². The molecule has 0 saturated carbocycles. The number of nitrogens with two attached hydrogens (primary N) is 1. The lowest BCUT2D eigenvalue weighted by Crippen LogP contribution is -2.33. The summed E-state index contributed by atoms with van der Waals surface area (Å²) >= 11 is 0. The number of allylic oxidation sites excluding steroid dienone is 14. The summed E-state index contributed by atoms with van der Waals surface area (Å²) in [6, 6.07) is 0. The van der Waals surface area contributed by atoms with Crippen LogP contribution in [0.3, 0.4) is 0 Å². The highest BCUT2D eigenvalue weighted by Gasteiger charge is 2.46. The van der Waals surface area contributed by atoms with Crippen LogP contribution >= 0.6 is 0 Å². The number of fused-ring (bicyclic) bond motifs is 4. The van der Waals surface area contributed by atoms with Gasteiger partial charge in [0.25, 0.3) is 0 Å². The van der Waals surface area contributed by atoms with E-state index in [4.69, 9.17) is 5.73 Å². The third-order valence-electron chi connectivity index (χ3n) is 9.15. The lowest BCUT2D eigenvalue weighted by atomic mass is 9.60. The molecule has 4 aliphatic carbocycles. The van der Waals surface area contributed by atoms with Gasteiger partial charge in [0.05, 0.1) is 11.6 Å². The van der Waals surface area contributed by atoms with Crippen LogP contribution in [0.1, 0.15) is 97.8 Å². The molecule has 2 atom stereocenters. The molecule has 0 aliphatic heterocycles. The maximum Gasteiger partial charge on any atom is 0.231 e. The normalized spacial score (nSPS) is 25.7. The van der Waals surface area contributed by atoms with E-state index in [1.54, 1.807) is 6.33 Å². The molecule has 0 unspecified atom stereocenters. The van der Waals surface area contributed by atoms with Crippen LogP contribution in [0.5, 0.6) is 0 Å². The van der Waals surface area contributed by atoms with Gasteiger partial charge < -0.3 is 10.3 Å². The zero-order valence-corrected chi connectivity index (χ0v) is 23.5. The van der Waals surface area contributed by atoms with Crippen molar-refractivity contribution in [3.63, 3.8) is 0 Å². The molecule has 0 bridgehead atoms. The number of hydrogen-bond donors (Lipinski definition) is 1. The summed E-state index contributed by atoms with van der Waals surface area (Å²) in [5.41, 5.74) is 14.6. The van der Waals surface area contributed by atoms with Gasteiger partial charge in [0, 0.05) is 23.2 Å². The Hall–Kier alpha value is -2.88. The molecule has 202 valence electrons. The van der Waals surface area contributed by atoms with Gasteiger partial charge in [-0.3, -0.25) is 0 Å². The lowest BCUT2D eigenvalue weighted by molar-refractivity contribution is 0.473. The Morgan fingerprint density at radius 1 is 0.947 bits per heavy atom. The average Bonchev–Trinajstić information content (AvgIpc) is 3.44. The van der Waals surface area contributed by atoms with Gasteiger partial charge in [-0.05, 0) is 59.8 Å². The fourth-order valence-electron chi connectivity index (χ4n) is 6.99. The zero-order chi connectivity index (χ0) is 26.8. The molecule has 2 N–H and O–H groups in total. The molecule has 0 fully saturated rings. The first kappa shape index (κ1) is 26.7. The summed E-state index contributed by atoms with van der Waals surface area (Å²) in [7, 11) is 0. The Balaban J connectivity index is 1.36. The van der Waals surface area contributed by atoms with Crippen LogP contribution in [0, 0.1) is 16.8 Å². The number of nitrogens with zero attached hydrogens (tertiary/aromatic N) is 2. The molecule has 4 aliphatic rings. The molecule has 0 saturated heterocycles. The van der Waals surface area contributed by atoms with E-state index in [1.165, 1.54) is 98.3 Å². The van der Waals surface area contributed by atoms with E-state index in [9.17, 15) is 4.39 Å². The predicted octanol–water partition coefficient (Wildman–Crippen LogP) is 9.11. The molecular formula is C34H44FN3. The molecule has 4 heteroatoms. The number of aromatic nitrogens is 2. The van der Waals surface area contributed by atoms with Crippen molar-refractivity contribution in [3.05, 3.63) is 94.6 Å². The first-order chi connectivity index (χ1) is 18.4. The lowest BCUT2D eigenvalue weighted by Gasteiger charge is -2.43. The van der Waals surface area contributed by atoms with Crippen LogP contribution in [0.4, 0.5) is 4.39 Å². The Labute approximate surface area is 228 Å². The molecule has 0 radical (unpaired) electrons. The average molecular weight is 514 g/mol. The largest absolute Gasteiger partial charge is 0.402 e. The van der Waals surface area contributed by atoms with Crippen molar-refractivity contribution in [2.45, 2.75) is 97.8 Å². The molecule has 1 aromatic rings. The van der Waals surface area contributed by atoms with Gasteiger partial charge in [-0.15, -0.1) is 0 Å². The molecule has 5 rings (SSSR count). The summed E-state index contributed by atoms with van der Waals surface area (Å²) < 4.78 is 15.8. The van der Waals surface area contributed by atoms with E-state index in [-0.39, 0.29) is 10.8 Å². The Morgan fingerprint density at radius 2 is 1.66 bits per heavy atom. The molecule has 38 heavy (non-hydrogen) atoms. The van der Waals surface area contributed by atoms with E-state index < -0.39 is 5.95 Å². The minimum absolute atomic E-state index is 0.125. The van der Waals surface area contributed by atoms with Crippen molar-refractivity contribution in [2.75, 3.05) is 0 Å². The minimum Gasteiger partial charge on any atom is -0.402 e. The fraction of sp³-hybridized carbons (Fsp3) is 0.500. The third kappa shape index (κ3) is 4.95. The number of hydrogen-bond acceptors (Lipinski definition) is 2. The van der Waals surface area contributed by atoms with E-state index in [1.807, 2.05) is 10.6 Å². The smallest absolute Gasteiger partial charge is 0.231 e. The number of rotatable bonds is 12. The predicted molar refractivity (Wildman–Crippen MR) is 156 cm³/mol. The van der Waals surface area contributed by atoms with Crippen molar-refractivity contribution in [2.24, 2.45) is 16.6 Å².